The van der Waals surface area contributed by atoms with Gasteiger partial charge in [-0.1, -0.05) is 50.6 Å². The maximum absolute atomic E-state index is 11.9. The highest BCUT2D eigenvalue weighted by Crippen LogP contribution is 2.18. The number of pyridine rings is 1. The van der Waals surface area contributed by atoms with E-state index in [-0.39, 0.29) is 5.91 Å². The van der Waals surface area contributed by atoms with Crippen molar-refractivity contribution in [3.63, 3.8) is 0 Å². The van der Waals surface area contributed by atoms with E-state index in [2.05, 4.69) is 22.7 Å². The Bertz CT molecular complexity index is 426. The second kappa shape index (κ2) is 9.55. The van der Waals surface area contributed by atoms with Crippen molar-refractivity contribution in [3.8, 4) is 0 Å². The Hall–Kier alpha value is -1.33. The maximum Gasteiger partial charge on any atom is 0.252 e. The van der Waals surface area contributed by atoms with Crippen molar-refractivity contribution in [2.24, 2.45) is 5.84 Å². The van der Waals surface area contributed by atoms with E-state index >= 15 is 0 Å². The molecule has 0 spiro atoms. The van der Waals surface area contributed by atoms with Gasteiger partial charge in [0, 0.05) is 12.7 Å². The van der Waals surface area contributed by atoms with Crippen molar-refractivity contribution in [2.75, 3.05) is 12.0 Å². The Labute approximate surface area is 125 Å². The highest BCUT2D eigenvalue weighted by atomic mass is 35.5. The second-order valence-electron chi connectivity index (χ2n) is 4.72. The van der Waals surface area contributed by atoms with Gasteiger partial charge in [0.2, 0.25) is 0 Å². The maximum atomic E-state index is 11.9. The van der Waals surface area contributed by atoms with E-state index in [9.17, 15) is 4.79 Å². The molecule has 0 bridgehead atoms. The third kappa shape index (κ3) is 5.75. The molecule has 1 aromatic rings. The molecule has 112 valence electrons. The van der Waals surface area contributed by atoms with E-state index in [0.717, 1.165) is 12.8 Å². The molecule has 0 aromatic carbocycles. The number of hydrogen-bond acceptors (Lipinski definition) is 4. The summed E-state index contributed by atoms with van der Waals surface area (Å²) < 4.78 is 0. The van der Waals surface area contributed by atoms with Crippen molar-refractivity contribution in [3.05, 3.63) is 22.8 Å². The summed E-state index contributed by atoms with van der Waals surface area (Å²) in [6.45, 7) is 2.88. The minimum atomic E-state index is -0.156. The van der Waals surface area contributed by atoms with Crippen LogP contribution in [0.5, 0.6) is 0 Å². The minimum absolute atomic E-state index is 0.156. The number of carbonyl (C=O) groups is 1. The zero-order chi connectivity index (χ0) is 14.8. The summed E-state index contributed by atoms with van der Waals surface area (Å²) in [5, 5.41) is 3.20. The van der Waals surface area contributed by atoms with E-state index in [1.165, 1.54) is 31.9 Å². The zero-order valence-corrected chi connectivity index (χ0v) is 12.7. The van der Waals surface area contributed by atoms with Crippen LogP contribution in [0.1, 0.15) is 55.8 Å². The van der Waals surface area contributed by atoms with E-state index in [1.54, 1.807) is 6.07 Å². The first-order valence-electron chi connectivity index (χ1n) is 7.09. The van der Waals surface area contributed by atoms with Crippen LogP contribution >= 0.6 is 11.6 Å². The summed E-state index contributed by atoms with van der Waals surface area (Å²) in [5.74, 6) is 5.43. The van der Waals surface area contributed by atoms with Crippen LogP contribution in [0.25, 0.3) is 0 Å². The van der Waals surface area contributed by atoms with Crippen molar-refractivity contribution in [2.45, 2.75) is 45.4 Å². The third-order valence-electron chi connectivity index (χ3n) is 3.06. The number of nitrogen functional groups attached to an aromatic ring is 1. The lowest BCUT2D eigenvalue weighted by atomic mass is 10.1. The quantitative estimate of drug-likeness (QED) is 0.372. The Morgan fingerprint density at radius 2 is 2.00 bits per heavy atom. The lowest BCUT2D eigenvalue weighted by molar-refractivity contribution is 0.0952. The van der Waals surface area contributed by atoms with Crippen LogP contribution < -0.4 is 16.6 Å². The molecule has 0 aliphatic heterocycles. The van der Waals surface area contributed by atoms with Crippen LogP contribution in [-0.2, 0) is 0 Å². The van der Waals surface area contributed by atoms with Gasteiger partial charge in [0.15, 0.2) is 5.82 Å². The van der Waals surface area contributed by atoms with Crippen LogP contribution in [0.15, 0.2) is 12.3 Å². The number of aromatic nitrogens is 1. The first-order valence-corrected chi connectivity index (χ1v) is 7.47. The smallest absolute Gasteiger partial charge is 0.252 e. The molecule has 0 radical (unpaired) electrons. The molecule has 0 aliphatic carbocycles. The number of halogens is 1. The molecule has 0 atom stereocenters. The van der Waals surface area contributed by atoms with Crippen molar-refractivity contribution >= 4 is 23.3 Å². The first kappa shape index (κ1) is 16.7. The highest BCUT2D eigenvalue weighted by Gasteiger charge is 2.08. The summed E-state index contributed by atoms with van der Waals surface area (Å²) in [6, 6.07) is 1.56. The molecule has 0 saturated heterocycles. The molecule has 1 amide bonds. The number of nitrogens with two attached hydrogens (primary N) is 1. The van der Waals surface area contributed by atoms with Gasteiger partial charge in [0.1, 0.15) is 0 Å². The molecule has 20 heavy (non-hydrogen) atoms. The molecule has 4 N–H and O–H groups in total. The standard InChI is InChI=1S/C14H23ClN4O/c1-2-3-4-5-6-7-8-17-14(20)11-9-12(15)13(19-16)18-10-11/h9-10H,2-8,16H2,1H3,(H,17,20)(H,18,19). The van der Waals surface area contributed by atoms with Gasteiger partial charge in [0.05, 0.1) is 10.6 Å². The number of hydrogen-bond donors (Lipinski definition) is 3. The van der Waals surface area contributed by atoms with E-state index in [1.807, 2.05) is 0 Å². The topological polar surface area (TPSA) is 80.0 Å². The number of carbonyl (C=O) groups excluding carboxylic acids is 1. The predicted octanol–water partition coefficient (Wildman–Crippen LogP) is 3.11. The van der Waals surface area contributed by atoms with Crippen LogP contribution in [0.2, 0.25) is 5.02 Å². The fourth-order valence-electron chi connectivity index (χ4n) is 1.88. The zero-order valence-electron chi connectivity index (χ0n) is 11.9. The Morgan fingerprint density at radius 3 is 2.65 bits per heavy atom. The third-order valence-corrected chi connectivity index (χ3v) is 3.34. The number of rotatable bonds is 9. The van der Waals surface area contributed by atoms with Crippen LogP contribution in [-0.4, -0.2) is 17.4 Å². The average Bonchev–Trinajstić information content (AvgIpc) is 2.46. The van der Waals surface area contributed by atoms with Gasteiger partial charge in [-0.15, -0.1) is 0 Å². The summed E-state index contributed by atoms with van der Waals surface area (Å²) in [7, 11) is 0. The normalized spacial score (nSPS) is 10.3. The van der Waals surface area contributed by atoms with E-state index in [0.29, 0.717) is 22.9 Å². The van der Waals surface area contributed by atoms with Gasteiger partial charge in [-0.05, 0) is 12.5 Å². The molecule has 5 nitrogen and oxygen atoms in total. The number of unbranched alkanes of at least 4 members (excludes halogenated alkanes) is 5. The number of nitrogens with one attached hydrogen (secondary N) is 2. The molecular formula is C14H23ClN4O. The number of anilines is 1. The summed E-state index contributed by atoms with van der Waals surface area (Å²) in [4.78, 5) is 15.8. The Kier molecular flexibility index (Phi) is 7.99. The summed E-state index contributed by atoms with van der Waals surface area (Å²) in [6.07, 6.45) is 8.65. The fraction of sp³-hybridized carbons (Fsp3) is 0.571. The summed E-state index contributed by atoms with van der Waals surface area (Å²) in [5.41, 5.74) is 2.81. The van der Waals surface area contributed by atoms with Gasteiger partial charge >= 0.3 is 0 Å². The molecule has 6 heteroatoms. The molecular weight excluding hydrogens is 276 g/mol. The minimum Gasteiger partial charge on any atom is -0.352 e. The van der Waals surface area contributed by atoms with E-state index in [4.69, 9.17) is 17.4 Å². The predicted molar refractivity (Wildman–Crippen MR) is 82.8 cm³/mol. The first-order chi connectivity index (χ1) is 9.69. The van der Waals surface area contributed by atoms with Gasteiger partial charge in [0.25, 0.3) is 5.91 Å². The molecule has 0 aliphatic rings. The molecule has 0 unspecified atom stereocenters. The summed E-state index contributed by atoms with van der Waals surface area (Å²) >= 11 is 5.92. The number of amides is 1. The lowest BCUT2D eigenvalue weighted by Crippen LogP contribution is -2.24. The van der Waals surface area contributed by atoms with Crippen LogP contribution in [0, 0.1) is 0 Å². The van der Waals surface area contributed by atoms with Crippen molar-refractivity contribution in [1.82, 2.24) is 10.3 Å². The molecule has 1 aromatic heterocycles. The number of nitrogens with zero attached hydrogens (tertiary/aromatic N) is 1. The van der Waals surface area contributed by atoms with Gasteiger partial charge in [-0.25, -0.2) is 10.8 Å². The Morgan fingerprint density at radius 1 is 1.30 bits per heavy atom. The van der Waals surface area contributed by atoms with Crippen LogP contribution in [0.4, 0.5) is 5.82 Å². The molecule has 0 saturated carbocycles. The fourth-order valence-corrected chi connectivity index (χ4v) is 2.10. The van der Waals surface area contributed by atoms with Crippen molar-refractivity contribution < 1.29 is 4.79 Å². The lowest BCUT2D eigenvalue weighted by Gasteiger charge is -2.07. The number of hydrazine groups is 1. The molecule has 1 heterocycles. The average molecular weight is 299 g/mol. The van der Waals surface area contributed by atoms with Gasteiger partial charge < -0.3 is 10.7 Å². The Balaban J connectivity index is 2.27. The van der Waals surface area contributed by atoms with Crippen LogP contribution in [0.3, 0.4) is 0 Å². The highest BCUT2D eigenvalue weighted by molar-refractivity contribution is 6.33. The van der Waals surface area contributed by atoms with Crippen molar-refractivity contribution in [1.29, 1.82) is 0 Å². The van der Waals surface area contributed by atoms with Gasteiger partial charge in [-0.3, -0.25) is 4.79 Å². The monoisotopic (exact) mass is 298 g/mol. The molecule has 0 fully saturated rings. The van der Waals surface area contributed by atoms with E-state index < -0.39 is 0 Å². The molecule has 1 rings (SSSR count). The largest absolute Gasteiger partial charge is 0.352 e. The second-order valence-corrected chi connectivity index (χ2v) is 5.13. The SMILES string of the molecule is CCCCCCCCNC(=O)c1cnc(NN)c(Cl)c1. The van der Waals surface area contributed by atoms with Gasteiger partial charge in [-0.2, -0.15) is 0 Å².